The number of carbonyl (C=O) groups is 1. The SMILES string of the molecule is COC(=O)c1ccc(OC2CCCCC2)c(Cl)c1. The minimum atomic E-state index is -0.388. The van der Waals surface area contributed by atoms with Crippen molar-refractivity contribution >= 4 is 17.6 Å². The number of benzene rings is 1. The van der Waals surface area contributed by atoms with E-state index >= 15 is 0 Å². The van der Waals surface area contributed by atoms with Gasteiger partial charge in [-0.3, -0.25) is 0 Å². The molecule has 18 heavy (non-hydrogen) atoms. The molecule has 4 heteroatoms. The summed E-state index contributed by atoms with van der Waals surface area (Å²) in [6.07, 6.45) is 6.12. The third kappa shape index (κ3) is 3.16. The van der Waals surface area contributed by atoms with Crippen LogP contribution in [0.4, 0.5) is 0 Å². The van der Waals surface area contributed by atoms with Crippen molar-refractivity contribution < 1.29 is 14.3 Å². The van der Waals surface area contributed by atoms with E-state index in [1.807, 2.05) is 0 Å². The van der Waals surface area contributed by atoms with Crippen LogP contribution in [0.2, 0.25) is 5.02 Å². The number of rotatable bonds is 3. The highest BCUT2D eigenvalue weighted by molar-refractivity contribution is 6.32. The number of esters is 1. The minimum Gasteiger partial charge on any atom is -0.489 e. The van der Waals surface area contributed by atoms with Crippen LogP contribution in [0, 0.1) is 0 Å². The zero-order valence-corrected chi connectivity index (χ0v) is 11.2. The normalized spacial score (nSPS) is 16.3. The van der Waals surface area contributed by atoms with Crippen molar-refractivity contribution in [1.82, 2.24) is 0 Å². The highest BCUT2D eigenvalue weighted by atomic mass is 35.5. The van der Waals surface area contributed by atoms with Crippen molar-refractivity contribution in [2.75, 3.05) is 7.11 Å². The Bertz CT molecular complexity index is 425. The van der Waals surface area contributed by atoms with Crippen molar-refractivity contribution in [3.05, 3.63) is 28.8 Å². The lowest BCUT2D eigenvalue weighted by Crippen LogP contribution is -2.19. The van der Waals surface area contributed by atoms with Gasteiger partial charge in [0.05, 0.1) is 23.8 Å². The van der Waals surface area contributed by atoms with Crippen LogP contribution in [-0.2, 0) is 4.74 Å². The Labute approximate surface area is 112 Å². The second-order valence-corrected chi connectivity index (χ2v) is 4.92. The molecule has 0 bridgehead atoms. The molecule has 0 heterocycles. The maximum atomic E-state index is 11.3. The van der Waals surface area contributed by atoms with Crippen molar-refractivity contribution in [1.29, 1.82) is 0 Å². The van der Waals surface area contributed by atoms with Gasteiger partial charge in [-0.1, -0.05) is 18.0 Å². The maximum absolute atomic E-state index is 11.3. The molecule has 0 spiro atoms. The van der Waals surface area contributed by atoms with E-state index in [9.17, 15) is 4.79 Å². The predicted octanol–water partition coefficient (Wildman–Crippen LogP) is 3.84. The van der Waals surface area contributed by atoms with Gasteiger partial charge in [0.1, 0.15) is 5.75 Å². The van der Waals surface area contributed by atoms with E-state index in [2.05, 4.69) is 4.74 Å². The summed E-state index contributed by atoms with van der Waals surface area (Å²) in [5.74, 6) is 0.261. The van der Waals surface area contributed by atoms with Gasteiger partial charge in [-0.25, -0.2) is 4.79 Å². The molecule has 0 aliphatic heterocycles. The summed E-state index contributed by atoms with van der Waals surface area (Å²) in [7, 11) is 1.35. The Kier molecular flexibility index (Phi) is 4.48. The maximum Gasteiger partial charge on any atom is 0.337 e. The Balaban J connectivity index is 2.07. The van der Waals surface area contributed by atoms with Crippen LogP contribution < -0.4 is 4.74 Å². The zero-order chi connectivity index (χ0) is 13.0. The topological polar surface area (TPSA) is 35.5 Å². The van der Waals surface area contributed by atoms with Crippen molar-refractivity contribution in [2.24, 2.45) is 0 Å². The number of carbonyl (C=O) groups excluding carboxylic acids is 1. The molecule has 0 amide bonds. The molecule has 1 aliphatic rings. The van der Waals surface area contributed by atoms with E-state index in [1.165, 1.54) is 26.4 Å². The molecule has 0 N–H and O–H groups in total. The molecule has 3 nitrogen and oxygen atoms in total. The molecule has 1 saturated carbocycles. The second-order valence-electron chi connectivity index (χ2n) is 4.51. The number of methoxy groups -OCH3 is 1. The molecule has 0 aromatic heterocycles. The third-order valence-corrected chi connectivity index (χ3v) is 3.49. The van der Waals surface area contributed by atoms with Crippen LogP contribution in [0.3, 0.4) is 0 Å². The molecular weight excluding hydrogens is 252 g/mol. The molecule has 1 aromatic carbocycles. The van der Waals surface area contributed by atoms with Crippen molar-refractivity contribution in [3.63, 3.8) is 0 Å². The average Bonchev–Trinajstić information content (AvgIpc) is 2.41. The van der Waals surface area contributed by atoms with Crippen molar-refractivity contribution in [2.45, 2.75) is 38.2 Å². The zero-order valence-electron chi connectivity index (χ0n) is 10.4. The second kappa shape index (κ2) is 6.10. The lowest BCUT2D eigenvalue weighted by atomic mass is 9.98. The van der Waals surface area contributed by atoms with E-state index in [0.29, 0.717) is 16.3 Å². The summed E-state index contributed by atoms with van der Waals surface area (Å²) in [4.78, 5) is 11.3. The standard InChI is InChI=1S/C14H17ClO3/c1-17-14(16)10-7-8-13(12(15)9-10)18-11-5-3-2-4-6-11/h7-9,11H,2-6H2,1H3. The molecular formula is C14H17ClO3. The molecule has 0 saturated heterocycles. The fourth-order valence-corrected chi connectivity index (χ4v) is 2.43. The molecule has 1 fully saturated rings. The Morgan fingerprint density at radius 1 is 1.28 bits per heavy atom. The minimum absolute atomic E-state index is 0.250. The first kappa shape index (κ1) is 13.2. The highest BCUT2D eigenvalue weighted by Crippen LogP contribution is 2.30. The van der Waals surface area contributed by atoms with Gasteiger partial charge in [0.25, 0.3) is 0 Å². The average molecular weight is 269 g/mol. The first-order valence-electron chi connectivity index (χ1n) is 6.25. The summed E-state index contributed by atoms with van der Waals surface area (Å²) in [6, 6.07) is 5.00. The number of halogens is 1. The summed E-state index contributed by atoms with van der Waals surface area (Å²) < 4.78 is 10.5. The summed E-state index contributed by atoms with van der Waals surface area (Å²) >= 11 is 6.12. The third-order valence-electron chi connectivity index (χ3n) is 3.20. The largest absolute Gasteiger partial charge is 0.489 e. The molecule has 1 aliphatic carbocycles. The van der Waals surface area contributed by atoms with Gasteiger partial charge < -0.3 is 9.47 Å². The Morgan fingerprint density at radius 2 is 2.00 bits per heavy atom. The van der Waals surface area contributed by atoms with Crippen LogP contribution in [0.1, 0.15) is 42.5 Å². The van der Waals surface area contributed by atoms with Gasteiger partial charge >= 0.3 is 5.97 Å². The lowest BCUT2D eigenvalue weighted by Gasteiger charge is -2.23. The fraction of sp³-hybridized carbons (Fsp3) is 0.500. The fourth-order valence-electron chi connectivity index (χ4n) is 2.20. The van der Waals surface area contributed by atoms with Crippen LogP contribution >= 0.6 is 11.6 Å². The lowest BCUT2D eigenvalue weighted by molar-refractivity contribution is 0.0600. The van der Waals surface area contributed by atoms with E-state index in [-0.39, 0.29) is 12.1 Å². The van der Waals surface area contributed by atoms with Crippen LogP contribution in [0.25, 0.3) is 0 Å². The molecule has 2 rings (SSSR count). The molecule has 98 valence electrons. The van der Waals surface area contributed by atoms with Gasteiger partial charge in [0, 0.05) is 0 Å². The van der Waals surface area contributed by atoms with Gasteiger partial charge in [-0.15, -0.1) is 0 Å². The molecule has 0 atom stereocenters. The van der Waals surface area contributed by atoms with Crippen LogP contribution in [0.5, 0.6) is 5.75 Å². The number of hydrogen-bond donors (Lipinski definition) is 0. The Hall–Kier alpha value is -1.22. The number of hydrogen-bond acceptors (Lipinski definition) is 3. The van der Waals surface area contributed by atoms with E-state index in [0.717, 1.165) is 12.8 Å². The summed E-state index contributed by atoms with van der Waals surface area (Å²) in [6.45, 7) is 0. The van der Waals surface area contributed by atoms with E-state index < -0.39 is 0 Å². The van der Waals surface area contributed by atoms with Gasteiger partial charge in [-0.05, 0) is 43.9 Å². The quantitative estimate of drug-likeness (QED) is 0.782. The van der Waals surface area contributed by atoms with Crippen LogP contribution in [-0.4, -0.2) is 19.2 Å². The summed E-state index contributed by atoms with van der Waals surface area (Å²) in [5, 5.41) is 0.462. The monoisotopic (exact) mass is 268 g/mol. The Morgan fingerprint density at radius 3 is 2.61 bits per heavy atom. The van der Waals surface area contributed by atoms with Crippen molar-refractivity contribution in [3.8, 4) is 5.75 Å². The van der Waals surface area contributed by atoms with E-state index in [1.54, 1.807) is 18.2 Å². The first-order valence-corrected chi connectivity index (χ1v) is 6.63. The van der Waals surface area contributed by atoms with Crippen LogP contribution in [0.15, 0.2) is 18.2 Å². The molecule has 0 radical (unpaired) electrons. The number of ether oxygens (including phenoxy) is 2. The predicted molar refractivity (Wildman–Crippen MR) is 70.3 cm³/mol. The van der Waals surface area contributed by atoms with Gasteiger partial charge in [0.2, 0.25) is 0 Å². The first-order chi connectivity index (χ1) is 8.70. The van der Waals surface area contributed by atoms with E-state index in [4.69, 9.17) is 16.3 Å². The summed E-state index contributed by atoms with van der Waals surface area (Å²) in [5.41, 5.74) is 0.443. The van der Waals surface area contributed by atoms with Gasteiger partial charge in [0.15, 0.2) is 0 Å². The molecule has 0 unspecified atom stereocenters. The smallest absolute Gasteiger partial charge is 0.337 e. The highest BCUT2D eigenvalue weighted by Gasteiger charge is 2.17. The molecule has 1 aromatic rings. The van der Waals surface area contributed by atoms with Gasteiger partial charge in [-0.2, -0.15) is 0 Å².